The fraction of sp³-hybridized carbons (Fsp3) is 0.556. The summed E-state index contributed by atoms with van der Waals surface area (Å²) in [6.07, 6.45) is 9.23. The van der Waals surface area contributed by atoms with Crippen molar-refractivity contribution in [1.29, 1.82) is 0 Å². The third kappa shape index (κ3) is 2.69. The molecule has 0 radical (unpaired) electrons. The molecule has 3 saturated carbocycles. The van der Waals surface area contributed by atoms with Crippen LogP contribution in [0.15, 0.2) is 36.4 Å². The van der Waals surface area contributed by atoms with E-state index in [1.165, 1.54) is 30.1 Å². The number of rotatable bonds is 4. The minimum absolute atomic E-state index is 0.661. The van der Waals surface area contributed by atoms with Crippen LogP contribution in [0.25, 0.3) is 6.08 Å². The van der Waals surface area contributed by atoms with E-state index in [1.807, 2.05) is 0 Å². The first kappa shape index (κ1) is 13.5. The molecule has 0 unspecified atom stereocenters. The van der Waals surface area contributed by atoms with Crippen LogP contribution in [0.2, 0.25) is 10.1 Å². The fourth-order valence-electron chi connectivity index (χ4n) is 3.87. The van der Waals surface area contributed by atoms with Crippen molar-refractivity contribution in [2.24, 2.45) is 17.3 Å². The van der Waals surface area contributed by atoms with Gasteiger partial charge < -0.3 is 0 Å². The number of hydrogen-bond donors (Lipinski definition) is 0. The summed E-state index contributed by atoms with van der Waals surface area (Å²) in [7, 11) is 0. The van der Waals surface area contributed by atoms with Gasteiger partial charge in [0.15, 0.2) is 0 Å². The summed E-state index contributed by atoms with van der Waals surface area (Å²) in [5.41, 5.74) is 2.00. The average molecular weight is 319 g/mol. The average Bonchev–Trinajstić information content (AvgIpc) is 2.45. The second kappa shape index (κ2) is 5.46. The van der Waals surface area contributed by atoms with Gasteiger partial charge in [-0.2, -0.15) is 0 Å². The molecular weight excluding hydrogens is 295 g/mol. The summed E-state index contributed by atoms with van der Waals surface area (Å²) in [6, 6.07) is 10.7. The Kier molecular flexibility index (Phi) is 3.87. The summed E-state index contributed by atoms with van der Waals surface area (Å²) in [5, 5.41) is 1.31. The molecule has 0 nitrogen and oxygen atoms in total. The zero-order valence-corrected chi connectivity index (χ0v) is 13.7. The van der Waals surface area contributed by atoms with E-state index in [2.05, 4.69) is 56.3 Å². The fourth-order valence-corrected chi connectivity index (χ4v) is 6.92. The van der Waals surface area contributed by atoms with Crippen LogP contribution >= 0.6 is 0 Å². The summed E-state index contributed by atoms with van der Waals surface area (Å²) in [5.74, 6) is 2.08. The van der Waals surface area contributed by atoms with Crippen LogP contribution in [-0.2, 0) is 0 Å². The number of fused-ring (bicyclic) bond motifs is 2. The standard InChI is InChI=1S/C18H24Se/c1-18(2)15-10-11-17(16(18)13-15)19-12-6-9-14-7-4-3-5-8-14/h3-9,15-17H,10-13H2,1-2H3/b9-6+/t15-,16-,17+/m0/s1. The van der Waals surface area contributed by atoms with Crippen molar-refractivity contribution in [2.45, 2.75) is 43.2 Å². The van der Waals surface area contributed by atoms with E-state index in [9.17, 15) is 0 Å². The Labute approximate surface area is 123 Å². The monoisotopic (exact) mass is 320 g/mol. The number of benzene rings is 1. The number of hydrogen-bond acceptors (Lipinski definition) is 0. The zero-order chi connectivity index (χ0) is 13.3. The number of allylic oxidation sites excluding steroid dienone is 1. The predicted molar refractivity (Wildman–Crippen MR) is 84.4 cm³/mol. The van der Waals surface area contributed by atoms with Gasteiger partial charge in [0.25, 0.3) is 0 Å². The van der Waals surface area contributed by atoms with Crippen molar-refractivity contribution < 1.29 is 0 Å². The van der Waals surface area contributed by atoms with Crippen LogP contribution in [0, 0.1) is 17.3 Å². The van der Waals surface area contributed by atoms with Gasteiger partial charge in [0, 0.05) is 0 Å². The molecule has 1 aromatic carbocycles. The van der Waals surface area contributed by atoms with Crippen molar-refractivity contribution >= 4 is 21.0 Å². The third-order valence-corrected chi connectivity index (χ3v) is 8.20. The molecule has 3 fully saturated rings. The summed E-state index contributed by atoms with van der Waals surface area (Å²) >= 11 is 0.804. The molecule has 0 heterocycles. The van der Waals surface area contributed by atoms with Gasteiger partial charge in [0.05, 0.1) is 0 Å². The first-order valence-electron chi connectivity index (χ1n) is 7.51. The molecule has 3 aliphatic carbocycles. The summed E-state index contributed by atoms with van der Waals surface area (Å²) in [4.78, 5) is 1.05. The van der Waals surface area contributed by atoms with Crippen molar-refractivity contribution in [3.05, 3.63) is 42.0 Å². The first-order valence-corrected chi connectivity index (χ1v) is 9.71. The third-order valence-electron chi connectivity index (χ3n) is 5.31. The van der Waals surface area contributed by atoms with Crippen LogP contribution in [0.4, 0.5) is 0 Å². The van der Waals surface area contributed by atoms with Crippen molar-refractivity contribution in [3.8, 4) is 0 Å². The van der Waals surface area contributed by atoms with Gasteiger partial charge in [0.2, 0.25) is 0 Å². The zero-order valence-electron chi connectivity index (χ0n) is 12.0. The molecule has 0 saturated heterocycles. The molecule has 2 bridgehead atoms. The predicted octanol–water partition coefficient (Wildman–Crippen LogP) is 5.07. The Morgan fingerprint density at radius 1 is 1.21 bits per heavy atom. The van der Waals surface area contributed by atoms with E-state index >= 15 is 0 Å². The maximum atomic E-state index is 2.51. The molecule has 0 aromatic heterocycles. The molecule has 1 heteroatoms. The maximum absolute atomic E-state index is 2.51. The van der Waals surface area contributed by atoms with E-state index in [-0.39, 0.29) is 0 Å². The van der Waals surface area contributed by atoms with Crippen molar-refractivity contribution in [3.63, 3.8) is 0 Å². The van der Waals surface area contributed by atoms with Crippen molar-refractivity contribution in [2.75, 3.05) is 0 Å². The molecule has 0 aliphatic heterocycles. The Balaban J connectivity index is 1.49. The Hall–Kier alpha value is -0.521. The SMILES string of the molecule is CC1(C)[C@H]2CC[C@@H]([Se]C/C=C/c3ccccc3)[C@@H]1C2. The van der Waals surface area contributed by atoms with Crippen LogP contribution in [0.5, 0.6) is 0 Å². The normalized spacial score (nSPS) is 32.2. The molecular formula is C18H24Se. The molecule has 0 N–H and O–H groups in total. The topological polar surface area (TPSA) is 0 Å². The van der Waals surface area contributed by atoms with Crippen LogP contribution in [0.3, 0.4) is 0 Å². The van der Waals surface area contributed by atoms with Crippen LogP contribution < -0.4 is 0 Å². The van der Waals surface area contributed by atoms with E-state index in [0.29, 0.717) is 5.41 Å². The van der Waals surface area contributed by atoms with Gasteiger partial charge in [-0.3, -0.25) is 0 Å². The quantitative estimate of drug-likeness (QED) is 0.680. The molecule has 0 amide bonds. The van der Waals surface area contributed by atoms with Crippen LogP contribution in [0.1, 0.15) is 38.7 Å². The minimum atomic E-state index is 0.661. The van der Waals surface area contributed by atoms with E-state index in [0.717, 1.165) is 31.6 Å². The second-order valence-corrected chi connectivity index (χ2v) is 9.29. The van der Waals surface area contributed by atoms with Crippen molar-refractivity contribution in [1.82, 2.24) is 0 Å². The first-order chi connectivity index (χ1) is 9.18. The Morgan fingerprint density at radius 3 is 2.68 bits per heavy atom. The van der Waals surface area contributed by atoms with Crippen LogP contribution in [-0.4, -0.2) is 15.0 Å². The second-order valence-electron chi connectivity index (χ2n) is 6.62. The Bertz CT molecular complexity index is 444. The summed E-state index contributed by atoms with van der Waals surface area (Å²) < 4.78 is 0. The molecule has 0 spiro atoms. The van der Waals surface area contributed by atoms with E-state index in [1.54, 1.807) is 0 Å². The van der Waals surface area contributed by atoms with E-state index in [4.69, 9.17) is 0 Å². The van der Waals surface area contributed by atoms with Gasteiger partial charge in [-0.1, -0.05) is 0 Å². The van der Waals surface area contributed by atoms with E-state index < -0.39 is 0 Å². The summed E-state index contributed by atoms with van der Waals surface area (Å²) in [6.45, 7) is 5.02. The molecule has 3 atom stereocenters. The van der Waals surface area contributed by atoms with Gasteiger partial charge in [-0.05, 0) is 0 Å². The molecule has 102 valence electrons. The van der Waals surface area contributed by atoms with Gasteiger partial charge in [-0.25, -0.2) is 0 Å². The molecule has 19 heavy (non-hydrogen) atoms. The Morgan fingerprint density at radius 2 is 2.00 bits per heavy atom. The molecule has 3 aliphatic rings. The van der Waals surface area contributed by atoms with Gasteiger partial charge in [-0.15, -0.1) is 0 Å². The van der Waals surface area contributed by atoms with Gasteiger partial charge in [0.1, 0.15) is 0 Å². The molecule has 1 aromatic rings. The molecule has 4 rings (SSSR count). The van der Waals surface area contributed by atoms with Gasteiger partial charge >= 0.3 is 124 Å².